The van der Waals surface area contributed by atoms with Crippen LogP contribution in [-0.4, -0.2) is 62.5 Å². The molecule has 1 atom stereocenters. The molecule has 0 aromatic rings. The van der Waals surface area contributed by atoms with Gasteiger partial charge in [-0.15, -0.1) is 0 Å². The van der Waals surface area contributed by atoms with Crippen molar-refractivity contribution in [3.8, 4) is 0 Å². The fraction of sp³-hybridized carbons (Fsp3) is 0.857. The summed E-state index contributed by atoms with van der Waals surface area (Å²) < 4.78 is 26.4. The second-order valence-electron chi connectivity index (χ2n) is 3.33. The minimum atomic E-state index is -3.55. The number of hydrogen-bond acceptors (Lipinski definition) is 5. The van der Waals surface area contributed by atoms with E-state index in [1.54, 1.807) is 4.90 Å². The number of carboxylic acid groups (broad SMARTS) is 1. The Labute approximate surface area is 87.9 Å². The lowest BCUT2D eigenvalue weighted by molar-refractivity contribution is -0.149. The van der Waals surface area contributed by atoms with Crippen LogP contribution in [0.15, 0.2) is 0 Å². The van der Waals surface area contributed by atoms with E-state index in [4.69, 9.17) is 15.0 Å². The van der Waals surface area contributed by atoms with Crippen LogP contribution < -0.4 is 5.14 Å². The van der Waals surface area contributed by atoms with Crippen LogP contribution in [0.25, 0.3) is 0 Å². The van der Waals surface area contributed by atoms with E-state index in [9.17, 15) is 13.2 Å². The number of aliphatic carboxylic acids is 1. The molecule has 0 aliphatic carbocycles. The van der Waals surface area contributed by atoms with Crippen LogP contribution in [0.4, 0.5) is 0 Å². The first-order valence-corrected chi connectivity index (χ1v) is 6.17. The molecule has 1 fully saturated rings. The molecular weight excluding hydrogens is 224 g/mol. The van der Waals surface area contributed by atoms with E-state index in [-0.39, 0.29) is 18.9 Å². The third-order valence-electron chi connectivity index (χ3n) is 2.19. The number of rotatable bonds is 4. The number of ether oxygens (including phenoxy) is 1. The summed E-state index contributed by atoms with van der Waals surface area (Å²) in [6, 6.07) is -0.777. The van der Waals surface area contributed by atoms with Crippen molar-refractivity contribution in [2.24, 2.45) is 5.14 Å². The van der Waals surface area contributed by atoms with Gasteiger partial charge in [0.15, 0.2) is 0 Å². The molecule has 0 aromatic carbocycles. The lowest BCUT2D eigenvalue weighted by Crippen LogP contribution is -2.51. The zero-order chi connectivity index (χ0) is 11.5. The van der Waals surface area contributed by atoms with Crippen molar-refractivity contribution in [3.63, 3.8) is 0 Å². The van der Waals surface area contributed by atoms with Crippen LogP contribution in [-0.2, 0) is 19.6 Å². The highest BCUT2D eigenvalue weighted by atomic mass is 32.2. The van der Waals surface area contributed by atoms with Crippen LogP contribution in [0.1, 0.15) is 0 Å². The summed E-state index contributed by atoms with van der Waals surface area (Å²) in [5, 5.41) is 13.7. The molecule has 0 bridgehead atoms. The first-order valence-electron chi connectivity index (χ1n) is 4.45. The molecule has 15 heavy (non-hydrogen) atoms. The zero-order valence-corrected chi connectivity index (χ0v) is 8.94. The lowest BCUT2D eigenvalue weighted by Gasteiger charge is -2.32. The number of morpholine rings is 1. The van der Waals surface area contributed by atoms with Gasteiger partial charge in [0.05, 0.1) is 19.0 Å². The summed E-state index contributed by atoms with van der Waals surface area (Å²) in [4.78, 5) is 12.3. The van der Waals surface area contributed by atoms with Crippen LogP contribution >= 0.6 is 0 Å². The SMILES string of the molecule is NS(=O)(=O)CCN1CCOCC1C(=O)O. The summed E-state index contributed by atoms with van der Waals surface area (Å²) in [5.41, 5.74) is 0. The second-order valence-corrected chi connectivity index (χ2v) is 5.07. The van der Waals surface area contributed by atoms with Gasteiger partial charge in [-0.1, -0.05) is 0 Å². The molecule has 7 nitrogen and oxygen atoms in total. The van der Waals surface area contributed by atoms with Gasteiger partial charge < -0.3 is 9.84 Å². The molecule has 1 aliphatic rings. The molecular formula is C7H14N2O5S. The number of sulfonamides is 1. The van der Waals surface area contributed by atoms with Crippen LogP contribution in [0.2, 0.25) is 0 Å². The maximum absolute atomic E-state index is 10.8. The minimum absolute atomic E-state index is 0.0833. The number of carbonyl (C=O) groups is 1. The maximum Gasteiger partial charge on any atom is 0.323 e. The molecule has 1 aliphatic heterocycles. The molecule has 0 aromatic heterocycles. The van der Waals surface area contributed by atoms with E-state index in [0.29, 0.717) is 13.2 Å². The van der Waals surface area contributed by atoms with E-state index >= 15 is 0 Å². The van der Waals surface area contributed by atoms with E-state index in [0.717, 1.165) is 0 Å². The Hall–Kier alpha value is -0.700. The van der Waals surface area contributed by atoms with Gasteiger partial charge in [0.25, 0.3) is 0 Å². The molecule has 1 saturated heterocycles. The number of primary sulfonamides is 1. The van der Waals surface area contributed by atoms with E-state index in [2.05, 4.69) is 0 Å². The van der Waals surface area contributed by atoms with E-state index < -0.39 is 22.0 Å². The predicted octanol–water partition coefficient (Wildman–Crippen LogP) is -1.94. The maximum atomic E-state index is 10.8. The standard InChI is InChI=1S/C7H14N2O5S/c8-15(12,13)4-2-9-1-3-14-5-6(9)7(10)11/h6H,1-5H2,(H,10,11)(H2,8,12,13). The van der Waals surface area contributed by atoms with Crippen molar-refractivity contribution in [2.75, 3.05) is 32.1 Å². The van der Waals surface area contributed by atoms with Crippen LogP contribution in [0, 0.1) is 0 Å². The number of nitrogens with two attached hydrogens (primary N) is 1. The average Bonchev–Trinajstić information content (AvgIpc) is 2.14. The molecule has 0 saturated carbocycles. The Morgan fingerprint density at radius 3 is 2.80 bits per heavy atom. The normalized spacial score (nSPS) is 23.9. The van der Waals surface area contributed by atoms with Crippen molar-refractivity contribution >= 4 is 16.0 Å². The Bertz CT molecular complexity index is 328. The molecule has 0 amide bonds. The molecule has 8 heteroatoms. The minimum Gasteiger partial charge on any atom is -0.480 e. The number of nitrogens with zero attached hydrogens (tertiary/aromatic N) is 1. The average molecular weight is 238 g/mol. The highest BCUT2D eigenvalue weighted by Crippen LogP contribution is 2.06. The summed E-state index contributed by atoms with van der Waals surface area (Å²) >= 11 is 0. The monoisotopic (exact) mass is 238 g/mol. The van der Waals surface area contributed by atoms with Gasteiger partial charge in [-0.25, -0.2) is 13.6 Å². The van der Waals surface area contributed by atoms with Crippen LogP contribution in [0.3, 0.4) is 0 Å². The second kappa shape index (κ2) is 4.88. The molecule has 1 heterocycles. The molecule has 88 valence electrons. The van der Waals surface area contributed by atoms with Crippen molar-refractivity contribution in [3.05, 3.63) is 0 Å². The predicted molar refractivity (Wildman–Crippen MR) is 51.8 cm³/mol. The quantitative estimate of drug-likeness (QED) is 0.589. The van der Waals surface area contributed by atoms with E-state index in [1.165, 1.54) is 0 Å². The molecule has 3 N–H and O–H groups in total. The highest BCUT2D eigenvalue weighted by molar-refractivity contribution is 7.89. The topological polar surface area (TPSA) is 110 Å². The van der Waals surface area contributed by atoms with Gasteiger partial charge in [0, 0.05) is 13.1 Å². The van der Waals surface area contributed by atoms with Crippen molar-refractivity contribution in [1.82, 2.24) is 4.90 Å². The first-order chi connectivity index (χ1) is 6.90. The Morgan fingerprint density at radius 1 is 1.60 bits per heavy atom. The van der Waals surface area contributed by atoms with Crippen molar-refractivity contribution in [1.29, 1.82) is 0 Å². The fourth-order valence-corrected chi connectivity index (χ4v) is 1.87. The first kappa shape index (κ1) is 12.4. The number of carboxylic acids is 1. The van der Waals surface area contributed by atoms with Gasteiger partial charge in [-0.2, -0.15) is 0 Å². The Kier molecular flexibility index (Phi) is 4.03. The fourth-order valence-electron chi connectivity index (χ4n) is 1.38. The summed E-state index contributed by atoms with van der Waals surface area (Å²) in [5.74, 6) is -1.25. The van der Waals surface area contributed by atoms with E-state index in [1.807, 2.05) is 0 Å². The van der Waals surface area contributed by atoms with Gasteiger partial charge in [-0.3, -0.25) is 9.69 Å². The summed E-state index contributed by atoms with van der Waals surface area (Å²) in [6.45, 7) is 1.03. The highest BCUT2D eigenvalue weighted by Gasteiger charge is 2.29. The molecule has 0 spiro atoms. The number of hydrogen-bond donors (Lipinski definition) is 2. The van der Waals surface area contributed by atoms with Gasteiger partial charge in [0.2, 0.25) is 10.0 Å². The van der Waals surface area contributed by atoms with Gasteiger partial charge in [-0.05, 0) is 0 Å². The van der Waals surface area contributed by atoms with Gasteiger partial charge in [0.1, 0.15) is 6.04 Å². The van der Waals surface area contributed by atoms with Crippen molar-refractivity contribution in [2.45, 2.75) is 6.04 Å². The largest absolute Gasteiger partial charge is 0.480 e. The third kappa shape index (κ3) is 4.12. The zero-order valence-electron chi connectivity index (χ0n) is 8.13. The smallest absolute Gasteiger partial charge is 0.323 e. The Morgan fingerprint density at radius 2 is 2.27 bits per heavy atom. The summed E-state index contributed by atoms with van der Waals surface area (Å²) in [7, 11) is -3.55. The molecule has 1 unspecified atom stereocenters. The van der Waals surface area contributed by atoms with Crippen molar-refractivity contribution < 1.29 is 23.1 Å². The molecule has 0 radical (unpaired) electrons. The van der Waals surface area contributed by atoms with Gasteiger partial charge >= 0.3 is 5.97 Å². The summed E-state index contributed by atoms with van der Waals surface area (Å²) in [6.07, 6.45) is 0. The van der Waals surface area contributed by atoms with Crippen LogP contribution in [0.5, 0.6) is 0 Å². The lowest BCUT2D eigenvalue weighted by atomic mass is 10.2. The molecule has 1 rings (SSSR count). The third-order valence-corrected chi connectivity index (χ3v) is 2.94. The Balaban J connectivity index is 2.54.